The number of hydrogen-bond donors (Lipinski definition) is 0. The van der Waals surface area contributed by atoms with E-state index in [1.807, 2.05) is 0 Å². The largest absolute Gasteiger partial charge is 0.330 e. The van der Waals surface area contributed by atoms with Crippen molar-refractivity contribution in [1.82, 2.24) is 9.13 Å². The third-order valence-electron chi connectivity index (χ3n) is 2.97. The fraction of sp³-hybridized carbons (Fsp3) is 0.692. The molecule has 4 heteroatoms. The molecule has 0 aliphatic carbocycles. The molecular weight excluding hydrogens is 216 g/mol. The molecule has 4 nitrogen and oxygen atoms in total. The summed E-state index contributed by atoms with van der Waals surface area (Å²) < 4.78 is 2.76. The molecule has 0 aliphatic heterocycles. The first kappa shape index (κ1) is 13.7. The van der Waals surface area contributed by atoms with Crippen LogP contribution in [-0.2, 0) is 13.6 Å². The van der Waals surface area contributed by atoms with E-state index in [9.17, 15) is 9.59 Å². The highest BCUT2D eigenvalue weighted by Gasteiger charge is 2.01. The molecule has 0 fully saturated rings. The monoisotopic (exact) mass is 238 g/mol. The molecule has 0 saturated carbocycles. The molecule has 0 radical (unpaired) electrons. The number of aryl methyl sites for hydroxylation is 1. The van der Waals surface area contributed by atoms with Gasteiger partial charge in [0, 0.05) is 25.9 Å². The lowest BCUT2D eigenvalue weighted by Crippen LogP contribution is -2.37. The van der Waals surface area contributed by atoms with Crippen molar-refractivity contribution in [2.75, 3.05) is 0 Å². The topological polar surface area (TPSA) is 44.0 Å². The van der Waals surface area contributed by atoms with Gasteiger partial charge in [-0.2, -0.15) is 0 Å². The summed E-state index contributed by atoms with van der Waals surface area (Å²) in [4.78, 5) is 23.2. The van der Waals surface area contributed by atoms with Gasteiger partial charge in [0.15, 0.2) is 0 Å². The average molecular weight is 238 g/mol. The van der Waals surface area contributed by atoms with Gasteiger partial charge in [-0.05, 0) is 6.42 Å². The van der Waals surface area contributed by atoms with Crippen molar-refractivity contribution in [3.63, 3.8) is 0 Å². The highest BCUT2D eigenvalue weighted by molar-refractivity contribution is 4.85. The van der Waals surface area contributed by atoms with Crippen LogP contribution < -0.4 is 11.2 Å². The van der Waals surface area contributed by atoms with Crippen molar-refractivity contribution in [3.8, 4) is 0 Å². The number of nitrogens with zero attached hydrogens (tertiary/aromatic N) is 2. The minimum absolute atomic E-state index is 0.193. The van der Waals surface area contributed by atoms with E-state index >= 15 is 0 Å². The van der Waals surface area contributed by atoms with Crippen LogP contribution >= 0.6 is 0 Å². The maximum absolute atomic E-state index is 11.7. The Labute approximate surface area is 102 Å². The SMILES string of the molecule is CCCCCCCCn1c(=O)ccn(C)c1=O. The predicted molar refractivity (Wildman–Crippen MR) is 69.3 cm³/mol. The van der Waals surface area contributed by atoms with Crippen molar-refractivity contribution in [1.29, 1.82) is 0 Å². The molecule has 0 aliphatic rings. The summed E-state index contributed by atoms with van der Waals surface area (Å²) in [5, 5.41) is 0. The molecule has 96 valence electrons. The van der Waals surface area contributed by atoms with Crippen LogP contribution in [0.4, 0.5) is 0 Å². The Morgan fingerprint density at radius 1 is 1.06 bits per heavy atom. The Kier molecular flexibility index (Phi) is 5.73. The summed E-state index contributed by atoms with van der Waals surface area (Å²) >= 11 is 0. The van der Waals surface area contributed by atoms with E-state index in [0.29, 0.717) is 6.54 Å². The normalized spacial score (nSPS) is 10.7. The van der Waals surface area contributed by atoms with E-state index < -0.39 is 0 Å². The van der Waals surface area contributed by atoms with Gasteiger partial charge in [0.1, 0.15) is 0 Å². The van der Waals surface area contributed by atoms with Gasteiger partial charge >= 0.3 is 5.69 Å². The predicted octanol–water partition coefficient (Wildman–Crippen LogP) is 1.91. The Morgan fingerprint density at radius 3 is 2.41 bits per heavy atom. The lowest BCUT2D eigenvalue weighted by atomic mass is 10.1. The molecule has 0 unspecified atom stereocenters. The first-order chi connectivity index (χ1) is 8.16. The van der Waals surface area contributed by atoms with Gasteiger partial charge in [-0.25, -0.2) is 4.79 Å². The minimum atomic E-state index is -0.217. The van der Waals surface area contributed by atoms with Gasteiger partial charge in [0.25, 0.3) is 5.56 Å². The molecule has 0 N–H and O–H groups in total. The Bertz CT molecular complexity index is 445. The number of hydrogen-bond acceptors (Lipinski definition) is 2. The van der Waals surface area contributed by atoms with Crippen LogP contribution in [0.15, 0.2) is 21.9 Å². The zero-order valence-corrected chi connectivity index (χ0v) is 10.8. The van der Waals surface area contributed by atoms with Crippen molar-refractivity contribution < 1.29 is 0 Å². The molecule has 0 atom stereocenters. The van der Waals surface area contributed by atoms with E-state index in [-0.39, 0.29) is 11.2 Å². The molecule has 0 amide bonds. The van der Waals surface area contributed by atoms with E-state index in [4.69, 9.17) is 0 Å². The first-order valence-electron chi connectivity index (χ1n) is 6.43. The summed E-state index contributed by atoms with van der Waals surface area (Å²) in [7, 11) is 1.67. The van der Waals surface area contributed by atoms with E-state index in [1.165, 1.54) is 47.1 Å². The zero-order valence-electron chi connectivity index (χ0n) is 10.8. The molecule has 0 aromatic carbocycles. The number of unbranched alkanes of at least 4 members (excludes halogenated alkanes) is 5. The lowest BCUT2D eigenvalue weighted by molar-refractivity contribution is 0.521. The molecule has 17 heavy (non-hydrogen) atoms. The highest BCUT2D eigenvalue weighted by Crippen LogP contribution is 2.04. The van der Waals surface area contributed by atoms with E-state index in [2.05, 4.69) is 6.92 Å². The van der Waals surface area contributed by atoms with Crippen LogP contribution in [0.5, 0.6) is 0 Å². The summed E-state index contributed by atoms with van der Waals surface area (Å²) in [5.74, 6) is 0. The fourth-order valence-corrected chi connectivity index (χ4v) is 1.87. The summed E-state index contributed by atoms with van der Waals surface area (Å²) in [6.45, 7) is 2.73. The Morgan fingerprint density at radius 2 is 1.71 bits per heavy atom. The third-order valence-corrected chi connectivity index (χ3v) is 2.97. The van der Waals surface area contributed by atoms with Gasteiger partial charge in [0.2, 0.25) is 0 Å². The molecule has 1 rings (SSSR count). The molecule has 1 heterocycles. The van der Waals surface area contributed by atoms with E-state index in [1.54, 1.807) is 7.05 Å². The Balaban J connectivity index is 2.45. The van der Waals surface area contributed by atoms with Gasteiger partial charge in [-0.1, -0.05) is 39.0 Å². The molecule has 0 saturated heterocycles. The summed E-state index contributed by atoms with van der Waals surface area (Å²) in [6, 6.07) is 1.44. The second-order valence-corrected chi connectivity index (χ2v) is 4.47. The highest BCUT2D eigenvalue weighted by atomic mass is 16.2. The quantitative estimate of drug-likeness (QED) is 0.681. The van der Waals surface area contributed by atoms with Crippen molar-refractivity contribution in [2.45, 2.75) is 52.0 Å². The second-order valence-electron chi connectivity index (χ2n) is 4.47. The smallest absolute Gasteiger partial charge is 0.303 e. The average Bonchev–Trinajstić information content (AvgIpc) is 2.32. The molecule has 0 bridgehead atoms. The van der Waals surface area contributed by atoms with Crippen LogP contribution in [0, 0.1) is 0 Å². The van der Waals surface area contributed by atoms with Gasteiger partial charge in [0.05, 0.1) is 0 Å². The van der Waals surface area contributed by atoms with Crippen LogP contribution in [0.2, 0.25) is 0 Å². The van der Waals surface area contributed by atoms with Gasteiger partial charge in [-0.3, -0.25) is 9.36 Å². The first-order valence-corrected chi connectivity index (χ1v) is 6.43. The van der Waals surface area contributed by atoms with E-state index in [0.717, 1.165) is 12.8 Å². The van der Waals surface area contributed by atoms with Crippen LogP contribution in [0.25, 0.3) is 0 Å². The fourth-order valence-electron chi connectivity index (χ4n) is 1.87. The molecule has 0 spiro atoms. The van der Waals surface area contributed by atoms with Gasteiger partial charge in [-0.15, -0.1) is 0 Å². The van der Waals surface area contributed by atoms with Crippen LogP contribution in [0.3, 0.4) is 0 Å². The summed E-state index contributed by atoms with van der Waals surface area (Å²) in [6.07, 6.45) is 8.45. The zero-order chi connectivity index (χ0) is 12.7. The van der Waals surface area contributed by atoms with Crippen molar-refractivity contribution >= 4 is 0 Å². The third kappa shape index (κ3) is 4.21. The summed E-state index contributed by atoms with van der Waals surface area (Å²) in [5.41, 5.74) is -0.410. The minimum Gasteiger partial charge on any atom is -0.303 e. The maximum Gasteiger partial charge on any atom is 0.330 e. The maximum atomic E-state index is 11.7. The second kappa shape index (κ2) is 7.09. The van der Waals surface area contributed by atoms with Crippen molar-refractivity contribution in [3.05, 3.63) is 33.1 Å². The molecule has 1 aromatic rings. The molecular formula is C13H22N2O2. The van der Waals surface area contributed by atoms with Gasteiger partial charge < -0.3 is 4.57 Å². The standard InChI is InChI=1S/C13H22N2O2/c1-3-4-5-6-7-8-10-15-12(16)9-11-14(2)13(15)17/h9,11H,3-8,10H2,1-2H3. The van der Waals surface area contributed by atoms with Crippen LogP contribution in [-0.4, -0.2) is 9.13 Å². The number of aromatic nitrogens is 2. The van der Waals surface area contributed by atoms with Crippen LogP contribution in [0.1, 0.15) is 45.4 Å². The Hall–Kier alpha value is -1.32. The lowest BCUT2D eigenvalue weighted by Gasteiger charge is -2.06. The molecule has 1 aromatic heterocycles. The van der Waals surface area contributed by atoms with Crippen molar-refractivity contribution in [2.24, 2.45) is 7.05 Å². The number of rotatable bonds is 7.